The maximum atomic E-state index is 14.6. The van der Waals surface area contributed by atoms with Crippen molar-refractivity contribution in [3.05, 3.63) is 97.9 Å². The number of pyridine rings is 1. The number of oxime groups is 1. The fourth-order valence-corrected chi connectivity index (χ4v) is 3.48. The predicted octanol–water partition coefficient (Wildman–Crippen LogP) is 3.78. The molecule has 0 aliphatic carbocycles. The highest BCUT2D eigenvalue weighted by Gasteiger charge is 2.18. The molecule has 0 bridgehead atoms. The van der Waals surface area contributed by atoms with E-state index in [9.17, 15) is 18.4 Å². The summed E-state index contributed by atoms with van der Waals surface area (Å²) >= 11 is 12.5. The summed E-state index contributed by atoms with van der Waals surface area (Å²) in [4.78, 5) is 29.5. The van der Waals surface area contributed by atoms with Gasteiger partial charge in [0.25, 0.3) is 11.5 Å². The van der Waals surface area contributed by atoms with Crippen molar-refractivity contribution in [2.45, 2.75) is 0 Å². The van der Waals surface area contributed by atoms with Gasteiger partial charge < -0.3 is 4.84 Å². The standard InChI is InChI=1S/C22H18Cl2F2N4O3/c1-29(2)27-19(31)12-33-28-21(15-8-7-14(25)10-18(15)26)13-6-9-20(32)30(11-13)22-16(23)4-3-5-17(22)24/h3-11H,12H2,1-2H3,(H,27,31)/b28-21+. The number of para-hydroxylation sites is 1. The van der Waals surface area contributed by atoms with Crippen LogP contribution in [0.3, 0.4) is 0 Å². The lowest BCUT2D eigenvalue weighted by atomic mass is 10.0. The molecule has 2 aromatic carbocycles. The zero-order valence-electron chi connectivity index (χ0n) is 17.5. The van der Waals surface area contributed by atoms with Crippen LogP contribution < -0.4 is 11.0 Å². The van der Waals surface area contributed by atoms with Gasteiger partial charge in [-0.25, -0.2) is 13.8 Å². The fraction of sp³-hybridized carbons (Fsp3) is 0.136. The van der Waals surface area contributed by atoms with Crippen molar-refractivity contribution in [3.63, 3.8) is 0 Å². The third-order valence-corrected chi connectivity index (χ3v) is 4.86. The van der Waals surface area contributed by atoms with Gasteiger partial charge in [-0.1, -0.05) is 34.4 Å². The first-order valence-corrected chi connectivity index (χ1v) is 10.2. The van der Waals surface area contributed by atoms with Crippen molar-refractivity contribution in [1.29, 1.82) is 0 Å². The van der Waals surface area contributed by atoms with Crippen molar-refractivity contribution in [2.75, 3.05) is 20.7 Å². The SMILES string of the molecule is CN(C)NC(=O)CO/N=C(\c1ccc(=O)n(-c2c(Cl)cccc2Cl)c1)c1ccc(F)cc1F. The first kappa shape index (κ1) is 24.4. The van der Waals surface area contributed by atoms with Crippen molar-refractivity contribution in [2.24, 2.45) is 5.16 Å². The Balaban J connectivity index is 2.10. The van der Waals surface area contributed by atoms with Crippen LogP contribution in [0.5, 0.6) is 0 Å². The second-order valence-electron chi connectivity index (χ2n) is 6.96. The van der Waals surface area contributed by atoms with Crippen LogP contribution in [-0.4, -0.2) is 41.9 Å². The summed E-state index contributed by atoms with van der Waals surface area (Å²) in [6.07, 6.45) is 1.35. The predicted molar refractivity (Wildman–Crippen MR) is 122 cm³/mol. The molecule has 0 fully saturated rings. The average molecular weight is 495 g/mol. The average Bonchev–Trinajstić information content (AvgIpc) is 2.73. The van der Waals surface area contributed by atoms with Crippen LogP contribution in [0.1, 0.15) is 11.1 Å². The van der Waals surface area contributed by atoms with E-state index < -0.39 is 29.7 Å². The van der Waals surface area contributed by atoms with Gasteiger partial charge >= 0.3 is 0 Å². The molecule has 3 rings (SSSR count). The Kier molecular flexibility index (Phi) is 7.80. The molecule has 0 saturated heterocycles. The molecule has 1 N–H and O–H groups in total. The largest absolute Gasteiger partial charge is 0.385 e. The molecule has 1 heterocycles. The normalized spacial score (nSPS) is 11.5. The maximum Gasteiger partial charge on any atom is 0.275 e. The van der Waals surface area contributed by atoms with Gasteiger partial charge in [0.1, 0.15) is 17.3 Å². The molecule has 0 aliphatic rings. The van der Waals surface area contributed by atoms with Crippen LogP contribution in [0.2, 0.25) is 10.0 Å². The molecule has 0 atom stereocenters. The Morgan fingerprint density at radius 3 is 2.45 bits per heavy atom. The number of rotatable bonds is 7. The van der Waals surface area contributed by atoms with Gasteiger partial charge in [0.05, 0.1) is 15.7 Å². The van der Waals surface area contributed by atoms with E-state index in [0.29, 0.717) is 6.07 Å². The van der Waals surface area contributed by atoms with Crippen molar-refractivity contribution in [1.82, 2.24) is 15.0 Å². The fourth-order valence-electron chi connectivity index (χ4n) is 2.90. The Labute approximate surface area is 197 Å². The second-order valence-corrected chi connectivity index (χ2v) is 7.78. The van der Waals surface area contributed by atoms with Crippen LogP contribution in [0.15, 0.2) is 64.7 Å². The lowest BCUT2D eigenvalue weighted by Gasteiger charge is -2.14. The van der Waals surface area contributed by atoms with Crippen LogP contribution in [0.4, 0.5) is 8.78 Å². The van der Waals surface area contributed by atoms with Gasteiger partial charge in [0, 0.05) is 43.6 Å². The molecule has 7 nitrogen and oxygen atoms in total. The van der Waals surface area contributed by atoms with Crippen molar-refractivity contribution in [3.8, 4) is 5.69 Å². The minimum atomic E-state index is -0.913. The van der Waals surface area contributed by atoms with Gasteiger partial charge in [0.2, 0.25) is 0 Å². The summed E-state index contributed by atoms with van der Waals surface area (Å²) in [5, 5.41) is 5.75. The monoisotopic (exact) mass is 494 g/mol. The van der Waals surface area contributed by atoms with Crippen molar-refractivity contribution >= 4 is 34.8 Å². The summed E-state index contributed by atoms with van der Waals surface area (Å²) in [5.74, 6) is -2.20. The minimum Gasteiger partial charge on any atom is -0.385 e. The van der Waals surface area contributed by atoms with E-state index in [1.165, 1.54) is 34.0 Å². The minimum absolute atomic E-state index is 0.0814. The number of hydrazine groups is 1. The topological polar surface area (TPSA) is 75.9 Å². The number of amides is 1. The van der Waals surface area contributed by atoms with E-state index >= 15 is 0 Å². The van der Waals surface area contributed by atoms with Crippen LogP contribution >= 0.6 is 23.2 Å². The highest BCUT2D eigenvalue weighted by atomic mass is 35.5. The molecule has 0 unspecified atom stereocenters. The molecular weight excluding hydrogens is 477 g/mol. The van der Waals surface area contributed by atoms with E-state index in [2.05, 4.69) is 10.6 Å². The highest BCUT2D eigenvalue weighted by Crippen LogP contribution is 2.27. The Morgan fingerprint density at radius 2 is 1.82 bits per heavy atom. The number of nitrogens with zero attached hydrogens (tertiary/aromatic N) is 3. The third kappa shape index (κ3) is 5.95. The van der Waals surface area contributed by atoms with E-state index in [1.54, 1.807) is 32.3 Å². The second kappa shape index (κ2) is 10.6. The Hall–Kier alpha value is -3.27. The van der Waals surface area contributed by atoms with E-state index in [0.717, 1.165) is 6.07 Å². The molecule has 1 aromatic heterocycles. The summed E-state index contributed by atoms with van der Waals surface area (Å²) in [7, 11) is 3.23. The quantitative estimate of drug-likeness (QED) is 0.400. The van der Waals surface area contributed by atoms with Crippen LogP contribution in [0, 0.1) is 11.6 Å². The maximum absolute atomic E-state index is 14.6. The smallest absolute Gasteiger partial charge is 0.275 e. The number of benzene rings is 2. The summed E-state index contributed by atoms with van der Waals surface area (Å²) in [6, 6.07) is 10.2. The molecule has 33 heavy (non-hydrogen) atoms. The molecule has 1 amide bonds. The van der Waals surface area contributed by atoms with E-state index in [1.807, 2.05) is 0 Å². The number of aromatic nitrogens is 1. The van der Waals surface area contributed by atoms with Gasteiger partial charge in [-0.15, -0.1) is 0 Å². The molecular formula is C22H18Cl2F2N4O3. The molecule has 3 aromatic rings. The van der Waals surface area contributed by atoms with Crippen LogP contribution in [-0.2, 0) is 9.63 Å². The van der Waals surface area contributed by atoms with Gasteiger partial charge in [-0.2, -0.15) is 0 Å². The van der Waals surface area contributed by atoms with Crippen molar-refractivity contribution < 1.29 is 18.4 Å². The summed E-state index contributed by atoms with van der Waals surface area (Å²) < 4.78 is 29.3. The number of halogens is 4. The number of carbonyl (C=O) groups excluding carboxylic acids is 1. The first-order chi connectivity index (χ1) is 15.7. The lowest BCUT2D eigenvalue weighted by molar-refractivity contribution is -0.129. The van der Waals surface area contributed by atoms with Gasteiger partial charge in [0.15, 0.2) is 6.61 Å². The third-order valence-electron chi connectivity index (χ3n) is 4.25. The lowest BCUT2D eigenvalue weighted by Crippen LogP contribution is -2.38. The zero-order valence-corrected chi connectivity index (χ0v) is 19.0. The summed E-state index contributed by atoms with van der Waals surface area (Å²) in [5.41, 5.74) is 2.26. The highest BCUT2D eigenvalue weighted by molar-refractivity contribution is 6.37. The van der Waals surface area contributed by atoms with Gasteiger partial charge in [-0.3, -0.25) is 19.6 Å². The molecule has 0 radical (unpaired) electrons. The Bertz CT molecular complexity index is 1260. The van der Waals surface area contributed by atoms with E-state index in [4.69, 9.17) is 28.0 Å². The number of hydrogen-bond acceptors (Lipinski definition) is 5. The first-order valence-electron chi connectivity index (χ1n) is 9.47. The number of hydrogen-bond donors (Lipinski definition) is 1. The van der Waals surface area contributed by atoms with Crippen LogP contribution in [0.25, 0.3) is 5.69 Å². The molecule has 172 valence electrons. The molecule has 0 saturated carbocycles. The Morgan fingerprint density at radius 1 is 1.12 bits per heavy atom. The van der Waals surface area contributed by atoms with E-state index in [-0.39, 0.29) is 32.6 Å². The molecule has 0 aliphatic heterocycles. The molecule has 0 spiro atoms. The number of carbonyl (C=O) groups is 1. The zero-order chi connectivity index (χ0) is 24.1. The van der Waals surface area contributed by atoms with Gasteiger partial charge in [-0.05, 0) is 30.3 Å². The summed E-state index contributed by atoms with van der Waals surface area (Å²) in [6.45, 7) is -0.472. The molecule has 11 heteroatoms. The number of nitrogens with one attached hydrogen (secondary N) is 1.